The molecule has 5 nitrogen and oxygen atoms in total. The summed E-state index contributed by atoms with van der Waals surface area (Å²) in [6.45, 7) is 3.47. The molecule has 3 heterocycles. The number of likely N-dealkylation sites (tertiary alicyclic amines) is 1. The summed E-state index contributed by atoms with van der Waals surface area (Å²) >= 11 is 1.54. The number of aliphatic hydroxyl groups is 1. The molecule has 2 aromatic heterocycles. The number of thiophene rings is 1. The third-order valence-corrected chi connectivity index (χ3v) is 5.97. The van der Waals surface area contributed by atoms with Crippen molar-refractivity contribution in [1.82, 2.24) is 14.9 Å². The predicted molar refractivity (Wildman–Crippen MR) is 110 cm³/mol. The van der Waals surface area contributed by atoms with Crippen LogP contribution >= 0.6 is 11.3 Å². The first-order valence-electron chi connectivity index (χ1n) is 9.57. The fourth-order valence-corrected chi connectivity index (χ4v) is 4.26. The average molecular weight is 394 g/mol. The van der Waals surface area contributed by atoms with Crippen molar-refractivity contribution in [1.29, 1.82) is 0 Å². The van der Waals surface area contributed by atoms with Crippen molar-refractivity contribution in [3.05, 3.63) is 70.5 Å². The zero-order valence-electron chi connectivity index (χ0n) is 15.8. The summed E-state index contributed by atoms with van der Waals surface area (Å²) < 4.78 is 0. The van der Waals surface area contributed by atoms with Gasteiger partial charge in [-0.1, -0.05) is 24.3 Å². The summed E-state index contributed by atoms with van der Waals surface area (Å²) in [5, 5.41) is 11.5. The SMILES string of the molecule is CC(O)c1ccc(Cc2nccc(-c3cc(C(=O)N4CCCC4)cs3)n2)cc1. The van der Waals surface area contributed by atoms with E-state index in [2.05, 4.69) is 4.98 Å². The minimum atomic E-state index is -0.468. The first kappa shape index (κ1) is 18.8. The van der Waals surface area contributed by atoms with Crippen LogP contribution in [0.3, 0.4) is 0 Å². The van der Waals surface area contributed by atoms with E-state index in [9.17, 15) is 9.90 Å². The lowest BCUT2D eigenvalue weighted by atomic mass is 10.1. The molecule has 1 amide bonds. The molecule has 0 saturated carbocycles. The number of amides is 1. The molecule has 6 heteroatoms. The topological polar surface area (TPSA) is 66.3 Å². The molecule has 1 unspecified atom stereocenters. The summed E-state index contributed by atoms with van der Waals surface area (Å²) in [6, 6.07) is 11.7. The molecule has 0 bridgehead atoms. The fraction of sp³-hybridized carbons (Fsp3) is 0.318. The Balaban J connectivity index is 1.50. The number of aromatic nitrogens is 2. The molecule has 3 aromatic rings. The monoisotopic (exact) mass is 393 g/mol. The fourth-order valence-electron chi connectivity index (χ4n) is 3.40. The van der Waals surface area contributed by atoms with Crippen molar-refractivity contribution in [2.24, 2.45) is 0 Å². The normalized spacial score (nSPS) is 15.0. The van der Waals surface area contributed by atoms with Crippen molar-refractivity contribution in [2.75, 3.05) is 13.1 Å². The molecule has 28 heavy (non-hydrogen) atoms. The second kappa shape index (κ2) is 8.20. The Kier molecular flexibility index (Phi) is 5.50. The Morgan fingerprint density at radius 1 is 1.21 bits per heavy atom. The van der Waals surface area contributed by atoms with Crippen molar-refractivity contribution < 1.29 is 9.90 Å². The van der Waals surface area contributed by atoms with Crippen LogP contribution < -0.4 is 0 Å². The van der Waals surface area contributed by atoms with Crippen LogP contribution in [0.15, 0.2) is 48.0 Å². The van der Waals surface area contributed by atoms with E-state index < -0.39 is 6.10 Å². The Morgan fingerprint density at radius 3 is 2.68 bits per heavy atom. The zero-order valence-corrected chi connectivity index (χ0v) is 16.7. The minimum absolute atomic E-state index is 0.118. The first-order valence-corrected chi connectivity index (χ1v) is 10.4. The van der Waals surface area contributed by atoms with Gasteiger partial charge in [-0.25, -0.2) is 9.97 Å². The Labute approximate surface area is 168 Å². The summed E-state index contributed by atoms with van der Waals surface area (Å²) in [7, 11) is 0. The summed E-state index contributed by atoms with van der Waals surface area (Å²) in [4.78, 5) is 24.5. The number of carbonyl (C=O) groups excluding carboxylic acids is 1. The molecule has 1 aromatic carbocycles. The largest absolute Gasteiger partial charge is 0.389 e. The average Bonchev–Trinajstić information content (AvgIpc) is 3.40. The minimum Gasteiger partial charge on any atom is -0.389 e. The predicted octanol–water partition coefficient (Wildman–Crippen LogP) is 4.09. The molecule has 0 spiro atoms. The highest BCUT2D eigenvalue weighted by Gasteiger charge is 2.21. The third kappa shape index (κ3) is 4.13. The van der Waals surface area contributed by atoms with Gasteiger partial charge >= 0.3 is 0 Å². The molecule has 1 atom stereocenters. The lowest BCUT2D eigenvalue weighted by molar-refractivity contribution is 0.0793. The Morgan fingerprint density at radius 2 is 1.96 bits per heavy atom. The second-order valence-corrected chi connectivity index (χ2v) is 8.06. The van der Waals surface area contributed by atoms with Gasteiger partial charge in [0.15, 0.2) is 0 Å². The number of hydrogen-bond donors (Lipinski definition) is 1. The van der Waals surface area contributed by atoms with E-state index in [4.69, 9.17) is 4.98 Å². The highest BCUT2D eigenvalue weighted by atomic mass is 32.1. The van der Waals surface area contributed by atoms with Gasteiger partial charge in [0.1, 0.15) is 5.82 Å². The van der Waals surface area contributed by atoms with E-state index in [1.165, 1.54) is 0 Å². The van der Waals surface area contributed by atoms with Crippen LogP contribution in [0.1, 0.15) is 53.2 Å². The maximum atomic E-state index is 12.6. The third-order valence-electron chi connectivity index (χ3n) is 5.02. The van der Waals surface area contributed by atoms with Crippen molar-refractivity contribution >= 4 is 17.2 Å². The molecule has 1 N–H and O–H groups in total. The lowest BCUT2D eigenvalue weighted by Crippen LogP contribution is -2.27. The van der Waals surface area contributed by atoms with E-state index in [0.717, 1.165) is 59.0 Å². The zero-order chi connectivity index (χ0) is 19.5. The van der Waals surface area contributed by atoms with Crippen LogP contribution in [0.25, 0.3) is 10.6 Å². The van der Waals surface area contributed by atoms with Crippen molar-refractivity contribution in [2.45, 2.75) is 32.3 Å². The van der Waals surface area contributed by atoms with E-state index in [1.807, 2.05) is 46.7 Å². The van der Waals surface area contributed by atoms with Crippen molar-refractivity contribution in [3.63, 3.8) is 0 Å². The van der Waals surface area contributed by atoms with Gasteiger partial charge in [0, 0.05) is 31.1 Å². The number of carbonyl (C=O) groups is 1. The molecule has 4 rings (SSSR count). The molecule has 0 aliphatic carbocycles. The van der Waals surface area contributed by atoms with Crippen LogP contribution in [0, 0.1) is 0 Å². The molecule has 1 saturated heterocycles. The van der Waals surface area contributed by atoms with E-state index in [0.29, 0.717) is 6.42 Å². The van der Waals surface area contributed by atoms with Gasteiger partial charge in [-0.2, -0.15) is 0 Å². The van der Waals surface area contributed by atoms with Gasteiger partial charge in [0.2, 0.25) is 0 Å². The smallest absolute Gasteiger partial charge is 0.254 e. The van der Waals surface area contributed by atoms with Crippen LogP contribution in [-0.2, 0) is 6.42 Å². The summed E-state index contributed by atoms with van der Waals surface area (Å²) in [5.41, 5.74) is 3.58. The molecule has 144 valence electrons. The van der Waals surface area contributed by atoms with Crippen molar-refractivity contribution in [3.8, 4) is 10.6 Å². The van der Waals surface area contributed by atoms with Gasteiger partial charge in [-0.3, -0.25) is 4.79 Å². The van der Waals surface area contributed by atoms with E-state index in [1.54, 1.807) is 24.5 Å². The lowest BCUT2D eigenvalue weighted by Gasteiger charge is -2.13. The quantitative estimate of drug-likeness (QED) is 0.709. The Bertz CT molecular complexity index is 960. The second-order valence-electron chi connectivity index (χ2n) is 7.15. The number of benzene rings is 1. The molecular weight excluding hydrogens is 370 g/mol. The number of hydrogen-bond acceptors (Lipinski definition) is 5. The van der Waals surface area contributed by atoms with Crippen LogP contribution in [0.2, 0.25) is 0 Å². The number of aliphatic hydroxyl groups excluding tert-OH is 1. The van der Waals surface area contributed by atoms with Crippen LogP contribution in [-0.4, -0.2) is 39.0 Å². The van der Waals surface area contributed by atoms with Gasteiger partial charge < -0.3 is 10.0 Å². The molecule has 1 fully saturated rings. The van der Waals surface area contributed by atoms with E-state index in [-0.39, 0.29) is 5.91 Å². The molecule has 1 aliphatic heterocycles. The maximum absolute atomic E-state index is 12.6. The highest BCUT2D eigenvalue weighted by Crippen LogP contribution is 2.27. The number of nitrogens with zero attached hydrogens (tertiary/aromatic N) is 3. The summed E-state index contributed by atoms with van der Waals surface area (Å²) in [6.07, 6.45) is 4.11. The standard InChI is InChI=1S/C22H23N3O2S/c1-15(26)17-6-4-16(5-7-17)12-21-23-9-8-19(24-21)20-13-18(14-28-20)22(27)25-10-2-3-11-25/h4-9,13-15,26H,2-3,10-12H2,1H3. The summed E-state index contributed by atoms with van der Waals surface area (Å²) in [5.74, 6) is 0.857. The number of rotatable bonds is 5. The van der Waals surface area contributed by atoms with Gasteiger partial charge in [-0.05, 0) is 43.0 Å². The van der Waals surface area contributed by atoms with Gasteiger partial charge in [0.05, 0.1) is 22.2 Å². The molecule has 0 radical (unpaired) electrons. The van der Waals surface area contributed by atoms with Crippen LogP contribution in [0.5, 0.6) is 0 Å². The highest BCUT2D eigenvalue weighted by molar-refractivity contribution is 7.13. The molecular formula is C22H23N3O2S. The molecule has 1 aliphatic rings. The Hall–Kier alpha value is -2.57. The van der Waals surface area contributed by atoms with Crippen LogP contribution in [0.4, 0.5) is 0 Å². The van der Waals surface area contributed by atoms with Gasteiger partial charge in [0.25, 0.3) is 5.91 Å². The maximum Gasteiger partial charge on any atom is 0.254 e. The first-order chi connectivity index (χ1) is 13.6. The van der Waals surface area contributed by atoms with E-state index >= 15 is 0 Å². The van der Waals surface area contributed by atoms with Gasteiger partial charge in [-0.15, -0.1) is 11.3 Å².